The molecule has 1 aliphatic carbocycles. The highest BCUT2D eigenvalue weighted by atomic mass is 32.2. The van der Waals surface area contributed by atoms with E-state index in [1.54, 1.807) is 25.1 Å². The number of sulfonamides is 1. The molecule has 1 saturated heterocycles. The maximum atomic E-state index is 14.4. The topological polar surface area (TPSA) is 154 Å². The van der Waals surface area contributed by atoms with E-state index in [1.165, 1.54) is 34.9 Å². The van der Waals surface area contributed by atoms with E-state index in [2.05, 4.69) is 15.4 Å². The molecule has 53 heavy (non-hydrogen) atoms. The van der Waals surface area contributed by atoms with Crippen molar-refractivity contribution in [2.45, 2.75) is 113 Å². The van der Waals surface area contributed by atoms with Crippen LogP contribution in [-0.2, 0) is 42.2 Å². The number of nitrogens with zero attached hydrogens (tertiary/aromatic N) is 2. The first-order valence-corrected chi connectivity index (χ1v) is 19.4. The summed E-state index contributed by atoms with van der Waals surface area (Å²) in [7, 11) is -4.08. The lowest BCUT2D eigenvalue weighted by Crippen LogP contribution is -2.62. The van der Waals surface area contributed by atoms with Gasteiger partial charge in [-0.3, -0.25) is 24.0 Å². The lowest BCUT2D eigenvalue weighted by molar-refractivity contribution is -0.140. The predicted octanol–water partition coefficient (Wildman–Crippen LogP) is 4.79. The number of carbonyl (C=O) groups excluding carboxylic acids is 4. The molecule has 6 rings (SSSR count). The van der Waals surface area contributed by atoms with Gasteiger partial charge in [-0.25, -0.2) is 26.4 Å². The Morgan fingerprint density at radius 3 is 2.49 bits per heavy atom. The number of rotatable bonds is 7. The SMILES string of the molecule is CC[C@]1(C(=O)NS(=O)(=O)C2(C)CC2)/C=C\CCCCC[C@H](Nc2ccc(F)c(F)c2)C(=O)N2C[C@H](OC(=O)N3Cc4cccc(F)c4C3)C[C@H]2C(=O)N1. The van der Waals surface area contributed by atoms with Gasteiger partial charge in [0.05, 0.1) is 17.8 Å². The molecule has 3 heterocycles. The second-order valence-corrected chi connectivity index (χ2v) is 16.7. The van der Waals surface area contributed by atoms with Crippen LogP contribution in [0.4, 0.5) is 23.7 Å². The van der Waals surface area contributed by atoms with Crippen LogP contribution in [0.25, 0.3) is 0 Å². The second kappa shape index (κ2) is 15.0. The summed E-state index contributed by atoms with van der Waals surface area (Å²) in [5, 5.41) is 5.73. The molecule has 12 nitrogen and oxygen atoms in total. The van der Waals surface area contributed by atoms with Crippen molar-refractivity contribution in [1.82, 2.24) is 19.8 Å². The Hall–Kier alpha value is -4.60. The Labute approximate surface area is 306 Å². The summed E-state index contributed by atoms with van der Waals surface area (Å²) in [5.41, 5.74) is -0.667. The number of hydrogen-bond donors (Lipinski definition) is 3. The molecule has 2 aromatic rings. The maximum absolute atomic E-state index is 14.4. The van der Waals surface area contributed by atoms with Gasteiger partial charge in [-0.15, -0.1) is 0 Å². The second-order valence-electron chi connectivity index (χ2n) is 14.5. The van der Waals surface area contributed by atoms with Gasteiger partial charge in [0.1, 0.15) is 29.5 Å². The molecule has 4 aliphatic rings. The van der Waals surface area contributed by atoms with Gasteiger partial charge in [-0.05, 0) is 69.2 Å². The van der Waals surface area contributed by atoms with Gasteiger partial charge in [0.2, 0.25) is 21.8 Å². The Balaban J connectivity index is 1.29. The van der Waals surface area contributed by atoms with Crippen molar-refractivity contribution in [3.8, 4) is 0 Å². The number of benzene rings is 2. The molecule has 0 unspecified atom stereocenters. The van der Waals surface area contributed by atoms with Crippen LogP contribution in [0.3, 0.4) is 0 Å². The molecule has 16 heteroatoms. The molecule has 0 spiro atoms. The molecule has 1 saturated carbocycles. The molecular formula is C37H44F3N5O7S. The standard InChI is InChI=1S/C37H44F3N5O7S/c1-3-37(34(48)43-53(50,51)36(2)16-17-36)15-8-6-4-5-7-12-30(41-24-13-14-28(39)29(40)18-24)33(47)45-21-25(19-31(45)32(46)42-37)52-35(49)44-20-23-10-9-11-27(38)26(23)22-44/h8-11,13-15,18,25,30-31,41H,3-7,12,16-17,19-22H2,1-2H3,(H,42,46)(H,43,48)/b15-8-/t25-,30+,31+,37-/m1/s1. The van der Waals surface area contributed by atoms with Gasteiger partial charge >= 0.3 is 6.09 Å². The van der Waals surface area contributed by atoms with Crippen molar-refractivity contribution < 1.29 is 45.5 Å². The number of carbonyl (C=O) groups is 4. The predicted molar refractivity (Wildman–Crippen MR) is 188 cm³/mol. The quantitative estimate of drug-likeness (QED) is 0.341. The number of ether oxygens (including phenoxy) is 1. The lowest BCUT2D eigenvalue weighted by atomic mass is 9.92. The average Bonchev–Trinajstić information content (AvgIpc) is 3.52. The summed E-state index contributed by atoms with van der Waals surface area (Å²) in [4.78, 5) is 58.5. The molecule has 4 atom stereocenters. The summed E-state index contributed by atoms with van der Waals surface area (Å²) in [6.45, 7) is 3.02. The van der Waals surface area contributed by atoms with Gasteiger partial charge in [-0.1, -0.05) is 44.1 Å². The highest BCUT2D eigenvalue weighted by Gasteiger charge is 2.53. The van der Waals surface area contributed by atoms with Crippen molar-refractivity contribution in [2.24, 2.45) is 0 Å². The molecule has 286 valence electrons. The van der Waals surface area contributed by atoms with E-state index in [0.29, 0.717) is 49.7 Å². The average molecular weight is 760 g/mol. The van der Waals surface area contributed by atoms with Gasteiger partial charge in [-0.2, -0.15) is 0 Å². The van der Waals surface area contributed by atoms with Gasteiger partial charge in [0.25, 0.3) is 5.91 Å². The van der Waals surface area contributed by atoms with Crippen molar-refractivity contribution in [1.29, 1.82) is 0 Å². The number of halogens is 3. The molecule has 3 N–H and O–H groups in total. The number of amides is 4. The minimum atomic E-state index is -4.08. The van der Waals surface area contributed by atoms with Crippen LogP contribution >= 0.6 is 0 Å². The van der Waals surface area contributed by atoms with Crippen molar-refractivity contribution >= 4 is 39.5 Å². The first-order chi connectivity index (χ1) is 25.1. The fraction of sp³-hybridized carbons (Fsp3) is 0.514. The Kier molecular flexibility index (Phi) is 10.8. The fourth-order valence-electron chi connectivity index (χ4n) is 7.04. The molecular weight excluding hydrogens is 715 g/mol. The molecule has 2 fully saturated rings. The zero-order valence-electron chi connectivity index (χ0n) is 29.6. The zero-order chi connectivity index (χ0) is 38.1. The Morgan fingerprint density at radius 1 is 1.02 bits per heavy atom. The number of anilines is 1. The van der Waals surface area contributed by atoms with Crippen molar-refractivity contribution in [3.05, 3.63) is 77.1 Å². The summed E-state index contributed by atoms with van der Waals surface area (Å²) >= 11 is 0. The largest absolute Gasteiger partial charge is 0.444 e. The number of nitrogens with one attached hydrogen (secondary N) is 3. The highest BCUT2D eigenvalue weighted by Crippen LogP contribution is 2.42. The number of allylic oxidation sites excluding steroid dienone is 1. The maximum Gasteiger partial charge on any atom is 0.410 e. The van der Waals surface area contributed by atoms with E-state index < -0.39 is 79.8 Å². The summed E-state index contributed by atoms with van der Waals surface area (Å²) < 4.78 is 75.5. The van der Waals surface area contributed by atoms with E-state index >= 15 is 0 Å². The molecule has 4 amide bonds. The van der Waals surface area contributed by atoms with E-state index in [1.807, 2.05) is 0 Å². The molecule has 0 aromatic heterocycles. The Morgan fingerprint density at radius 2 is 1.79 bits per heavy atom. The minimum Gasteiger partial charge on any atom is -0.444 e. The third kappa shape index (κ3) is 8.02. The third-order valence-corrected chi connectivity index (χ3v) is 12.9. The smallest absolute Gasteiger partial charge is 0.410 e. The van der Waals surface area contributed by atoms with Crippen molar-refractivity contribution in [3.63, 3.8) is 0 Å². The van der Waals surface area contributed by atoms with Crippen LogP contribution in [0.15, 0.2) is 48.6 Å². The van der Waals surface area contributed by atoms with Gasteiger partial charge < -0.3 is 20.3 Å². The minimum absolute atomic E-state index is 0.0250. The van der Waals surface area contributed by atoms with Crippen LogP contribution < -0.4 is 15.4 Å². The van der Waals surface area contributed by atoms with E-state index in [4.69, 9.17) is 4.74 Å². The van der Waals surface area contributed by atoms with Crippen LogP contribution in [0, 0.1) is 17.5 Å². The van der Waals surface area contributed by atoms with Crippen molar-refractivity contribution in [2.75, 3.05) is 11.9 Å². The Bertz CT molecular complexity index is 1920. The first kappa shape index (κ1) is 38.1. The van der Waals surface area contributed by atoms with E-state index in [9.17, 15) is 40.8 Å². The normalized spacial score (nSPS) is 26.5. The fourth-order valence-corrected chi connectivity index (χ4v) is 8.36. The van der Waals surface area contributed by atoms with Crippen LogP contribution in [0.1, 0.15) is 82.8 Å². The third-order valence-electron chi connectivity index (χ3n) is 10.8. The van der Waals surface area contributed by atoms with Gasteiger partial charge in [0, 0.05) is 30.3 Å². The first-order valence-electron chi connectivity index (χ1n) is 18.0. The lowest BCUT2D eigenvalue weighted by Gasteiger charge is -2.34. The molecule has 0 bridgehead atoms. The monoisotopic (exact) mass is 759 g/mol. The molecule has 2 aromatic carbocycles. The molecule has 3 aliphatic heterocycles. The van der Waals surface area contributed by atoms with Crippen LogP contribution in [0.2, 0.25) is 0 Å². The summed E-state index contributed by atoms with van der Waals surface area (Å²) in [6, 6.07) is 5.43. The number of hydrogen-bond acceptors (Lipinski definition) is 8. The zero-order valence-corrected chi connectivity index (χ0v) is 30.4. The van der Waals surface area contributed by atoms with E-state index in [0.717, 1.165) is 12.1 Å². The molecule has 0 radical (unpaired) electrons. The van der Waals surface area contributed by atoms with Gasteiger partial charge in [0.15, 0.2) is 11.6 Å². The van der Waals surface area contributed by atoms with E-state index in [-0.39, 0.29) is 44.6 Å². The summed E-state index contributed by atoms with van der Waals surface area (Å²) in [6.07, 6.45) is 4.60. The number of fused-ring (bicyclic) bond motifs is 2. The highest BCUT2D eigenvalue weighted by molar-refractivity contribution is 7.91. The van der Waals surface area contributed by atoms with Crippen LogP contribution in [0.5, 0.6) is 0 Å². The summed E-state index contributed by atoms with van der Waals surface area (Å²) in [5.74, 6) is -4.93. The van der Waals surface area contributed by atoms with Crippen LogP contribution in [-0.4, -0.2) is 77.1 Å².